The molecule has 2 nitrogen and oxygen atoms in total. The molecule has 1 aliphatic heterocycles. The minimum Gasteiger partial charge on any atom is -0.389 e. The van der Waals surface area contributed by atoms with Crippen molar-refractivity contribution >= 4 is 23.2 Å². The second-order valence-electron chi connectivity index (χ2n) is 7.29. The molecule has 1 saturated heterocycles. The first-order chi connectivity index (χ1) is 12.4. The normalized spacial score (nSPS) is 31.6. The molecule has 1 aliphatic rings. The molecule has 0 aromatic heterocycles. The molecule has 1 fully saturated rings. The van der Waals surface area contributed by atoms with Crippen LogP contribution in [0, 0.1) is 11.8 Å². The van der Waals surface area contributed by atoms with Gasteiger partial charge < -0.3 is 10.4 Å². The summed E-state index contributed by atoms with van der Waals surface area (Å²) in [5.41, 5.74) is 1.38. The van der Waals surface area contributed by atoms with Gasteiger partial charge in [0.05, 0.1) is 5.60 Å². The average Bonchev–Trinajstić information content (AvgIpc) is 2.63. The number of rotatable bonds is 4. The molecule has 0 spiro atoms. The molecule has 2 N–H and O–H groups in total. The number of nitrogens with one attached hydrogen (secondary N) is 1. The first-order valence-electron chi connectivity index (χ1n) is 8.97. The average molecular weight is 390 g/mol. The quantitative estimate of drug-likeness (QED) is 0.632. The fourth-order valence-electron chi connectivity index (χ4n) is 4.19. The maximum Gasteiger partial charge on any atom is 0.0768 e. The lowest BCUT2D eigenvalue weighted by molar-refractivity contribution is -0.108. The SMILES string of the molecule is C=CCC1(O)C(C)C(c2ccc(Cl)cc2)NC(c2ccc(Cl)cc2)C1C. The molecule has 3 rings (SSSR count). The first kappa shape index (κ1) is 19.4. The summed E-state index contributed by atoms with van der Waals surface area (Å²) in [6.45, 7) is 8.08. The highest BCUT2D eigenvalue weighted by molar-refractivity contribution is 6.30. The summed E-state index contributed by atoms with van der Waals surface area (Å²) < 4.78 is 0. The van der Waals surface area contributed by atoms with E-state index in [1.807, 2.05) is 54.6 Å². The lowest BCUT2D eigenvalue weighted by Gasteiger charge is -2.52. The van der Waals surface area contributed by atoms with Crippen molar-refractivity contribution in [3.05, 3.63) is 82.4 Å². The standard InChI is InChI=1S/C22H25Cl2NO/c1-4-13-22(26)14(2)20(16-5-9-18(23)10-6-16)25-21(15(22)3)17-7-11-19(24)12-8-17/h4-12,14-15,20-21,25-26H,1,13H2,2-3H3. The molecule has 0 radical (unpaired) electrons. The maximum atomic E-state index is 11.6. The van der Waals surface area contributed by atoms with E-state index in [4.69, 9.17) is 23.2 Å². The molecule has 138 valence electrons. The van der Waals surface area contributed by atoms with Gasteiger partial charge in [0.25, 0.3) is 0 Å². The fourth-order valence-corrected chi connectivity index (χ4v) is 4.44. The van der Waals surface area contributed by atoms with Crippen LogP contribution in [0.4, 0.5) is 0 Å². The van der Waals surface area contributed by atoms with E-state index in [1.165, 1.54) is 0 Å². The highest BCUT2D eigenvalue weighted by Gasteiger charge is 2.50. The molecule has 4 heteroatoms. The van der Waals surface area contributed by atoms with E-state index >= 15 is 0 Å². The van der Waals surface area contributed by atoms with E-state index in [-0.39, 0.29) is 23.9 Å². The van der Waals surface area contributed by atoms with Crippen molar-refractivity contribution in [1.82, 2.24) is 5.32 Å². The number of halogens is 2. The minimum absolute atomic E-state index is 0.00842. The number of benzene rings is 2. The van der Waals surface area contributed by atoms with Crippen molar-refractivity contribution < 1.29 is 5.11 Å². The Morgan fingerprint density at radius 3 is 1.65 bits per heavy atom. The maximum absolute atomic E-state index is 11.6. The largest absolute Gasteiger partial charge is 0.389 e. The highest BCUT2D eigenvalue weighted by Crippen LogP contribution is 2.48. The zero-order valence-corrected chi connectivity index (χ0v) is 16.6. The molecular weight excluding hydrogens is 365 g/mol. The molecule has 0 amide bonds. The van der Waals surface area contributed by atoms with E-state index in [1.54, 1.807) is 0 Å². The third-order valence-corrected chi connectivity index (χ3v) is 6.37. The second-order valence-corrected chi connectivity index (χ2v) is 8.16. The molecule has 0 saturated carbocycles. The molecule has 4 unspecified atom stereocenters. The second kappa shape index (κ2) is 7.74. The van der Waals surface area contributed by atoms with Gasteiger partial charge in [0, 0.05) is 34.0 Å². The van der Waals surface area contributed by atoms with Crippen molar-refractivity contribution in [3.63, 3.8) is 0 Å². The molecule has 0 bridgehead atoms. The fraction of sp³-hybridized carbons (Fsp3) is 0.364. The summed E-state index contributed by atoms with van der Waals surface area (Å²) in [5.74, 6) is 0.0282. The number of hydrogen-bond donors (Lipinski definition) is 2. The van der Waals surface area contributed by atoms with Gasteiger partial charge in [-0.15, -0.1) is 6.58 Å². The van der Waals surface area contributed by atoms with Gasteiger partial charge in [-0.2, -0.15) is 0 Å². The molecular formula is C22H25Cl2NO. The molecule has 4 atom stereocenters. The zero-order valence-electron chi connectivity index (χ0n) is 15.1. The van der Waals surface area contributed by atoms with Gasteiger partial charge in [0.15, 0.2) is 0 Å². The van der Waals surface area contributed by atoms with E-state index < -0.39 is 5.60 Å². The Kier molecular flexibility index (Phi) is 5.78. The minimum atomic E-state index is -0.860. The Morgan fingerprint density at radius 1 is 0.923 bits per heavy atom. The summed E-state index contributed by atoms with van der Waals surface area (Å²) in [6.07, 6.45) is 2.36. The summed E-state index contributed by atoms with van der Waals surface area (Å²) in [7, 11) is 0. The smallest absolute Gasteiger partial charge is 0.0768 e. The van der Waals surface area contributed by atoms with E-state index in [2.05, 4.69) is 25.7 Å². The topological polar surface area (TPSA) is 32.3 Å². The molecule has 26 heavy (non-hydrogen) atoms. The number of aliphatic hydroxyl groups is 1. The van der Waals surface area contributed by atoms with E-state index in [0.29, 0.717) is 16.5 Å². The predicted octanol–water partition coefficient (Wildman–Crippen LogP) is 5.96. The van der Waals surface area contributed by atoms with Crippen LogP contribution in [0.5, 0.6) is 0 Å². The highest BCUT2D eigenvalue weighted by atomic mass is 35.5. The Balaban J connectivity index is 2.03. The van der Waals surface area contributed by atoms with Gasteiger partial charge in [0.1, 0.15) is 0 Å². The van der Waals surface area contributed by atoms with Crippen LogP contribution in [0.2, 0.25) is 10.0 Å². The Labute approximate surface area is 165 Å². The first-order valence-corrected chi connectivity index (χ1v) is 9.72. The summed E-state index contributed by atoms with van der Waals surface area (Å²) >= 11 is 12.1. The Bertz CT molecular complexity index is 699. The van der Waals surface area contributed by atoms with Gasteiger partial charge in [-0.3, -0.25) is 0 Å². The Morgan fingerprint density at radius 2 is 1.31 bits per heavy atom. The van der Waals surface area contributed by atoms with Crippen molar-refractivity contribution in [2.24, 2.45) is 11.8 Å². The Hall–Kier alpha value is -1.32. The van der Waals surface area contributed by atoms with Crippen molar-refractivity contribution in [2.75, 3.05) is 0 Å². The van der Waals surface area contributed by atoms with Crippen LogP contribution < -0.4 is 5.32 Å². The van der Waals surface area contributed by atoms with E-state index in [9.17, 15) is 5.11 Å². The van der Waals surface area contributed by atoms with Gasteiger partial charge in [-0.25, -0.2) is 0 Å². The number of piperidine rings is 1. The van der Waals surface area contributed by atoms with Crippen LogP contribution in [0.25, 0.3) is 0 Å². The van der Waals surface area contributed by atoms with Crippen LogP contribution in [0.3, 0.4) is 0 Å². The van der Waals surface area contributed by atoms with E-state index in [0.717, 1.165) is 11.1 Å². The van der Waals surface area contributed by atoms with Crippen LogP contribution in [0.15, 0.2) is 61.2 Å². The molecule has 0 aliphatic carbocycles. The van der Waals surface area contributed by atoms with Crippen molar-refractivity contribution in [1.29, 1.82) is 0 Å². The molecule has 1 heterocycles. The van der Waals surface area contributed by atoms with Crippen LogP contribution >= 0.6 is 23.2 Å². The van der Waals surface area contributed by atoms with Crippen LogP contribution in [-0.2, 0) is 0 Å². The van der Waals surface area contributed by atoms with Gasteiger partial charge in [-0.1, -0.05) is 67.4 Å². The van der Waals surface area contributed by atoms with Crippen molar-refractivity contribution in [3.8, 4) is 0 Å². The van der Waals surface area contributed by atoms with Crippen LogP contribution in [0.1, 0.15) is 43.5 Å². The third kappa shape index (κ3) is 3.57. The number of hydrogen-bond acceptors (Lipinski definition) is 2. The lowest BCUT2D eigenvalue weighted by Crippen LogP contribution is -2.57. The third-order valence-electron chi connectivity index (χ3n) is 5.87. The summed E-state index contributed by atoms with van der Waals surface area (Å²) in [4.78, 5) is 0. The summed E-state index contributed by atoms with van der Waals surface area (Å²) in [6, 6.07) is 15.7. The van der Waals surface area contributed by atoms with Gasteiger partial charge in [0.2, 0.25) is 0 Å². The lowest BCUT2D eigenvalue weighted by atomic mass is 9.65. The monoisotopic (exact) mass is 389 g/mol. The van der Waals surface area contributed by atoms with Crippen molar-refractivity contribution in [2.45, 2.75) is 38.0 Å². The molecule has 2 aromatic rings. The van der Waals surface area contributed by atoms with Gasteiger partial charge in [-0.05, 0) is 41.8 Å². The zero-order chi connectivity index (χ0) is 18.9. The van der Waals surface area contributed by atoms with Gasteiger partial charge >= 0.3 is 0 Å². The molecule has 2 aromatic carbocycles. The summed E-state index contributed by atoms with van der Waals surface area (Å²) in [5, 5.41) is 16.8. The van der Waals surface area contributed by atoms with Crippen LogP contribution in [-0.4, -0.2) is 10.7 Å². The predicted molar refractivity (Wildman–Crippen MR) is 110 cm³/mol.